The Bertz CT molecular complexity index is 1160. The van der Waals surface area contributed by atoms with E-state index < -0.39 is 0 Å². The van der Waals surface area contributed by atoms with Crippen LogP contribution in [0.25, 0.3) is 11.0 Å². The fourth-order valence-corrected chi connectivity index (χ4v) is 6.67. The second-order valence-corrected chi connectivity index (χ2v) is 10.7. The highest BCUT2D eigenvalue weighted by molar-refractivity contribution is 5.89. The Balaban J connectivity index is 1.28. The normalized spacial score (nSPS) is 27.3. The molecule has 32 heavy (non-hydrogen) atoms. The van der Waals surface area contributed by atoms with Crippen molar-refractivity contribution < 1.29 is 0 Å². The van der Waals surface area contributed by atoms with Gasteiger partial charge < -0.3 is 10.2 Å². The zero-order valence-electron chi connectivity index (χ0n) is 19.9. The summed E-state index contributed by atoms with van der Waals surface area (Å²) in [6.07, 6.45) is 11.0. The lowest BCUT2D eigenvalue weighted by Crippen LogP contribution is -2.54. The molecule has 3 aromatic heterocycles. The minimum Gasteiger partial charge on any atom is -0.366 e. The van der Waals surface area contributed by atoms with Gasteiger partial charge in [-0.1, -0.05) is 0 Å². The molecule has 3 aromatic rings. The van der Waals surface area contributed by atoms with Crippen LogP contribution in [0.4, 0.5) is 5.69 Å². The van der Waals surface area contributed by atoms with Gasteiger partial charge in [0.25, 0.3) is 0 Å². The van der Waals surface area contributed by atoms with Crippen LogP contribution in [-0.4, -0.2) is 43.7 Å². The van der Waals surface area contributed by atoms with Crippen molar-refractivity contribution in [3.05, 3.63) is 34.9 Å². The van der Waals surface area contributed by atoms with Crippen LogP contribution in [0.3, 0.4) is 0 Å². The van der Waals surface area contributed by atoms with Crippen molar-refractivity contribution >= 4 is 16.7 Å². The molecule has 0 spiro atoms. The Morgan fingerprint density at radius 3 is 2.56 bits per heavy atom. The van der Waals surface area contributed by atoms with Gasteiger partial charge in [-0.2, -0.15) is 10.2 Å². The Hall–Kier alpha value is -2.41. The van der Waals surface area contributed by atoms with Crippen LogP contribution in [0.15, 0.2) is 12.3 Å². The number of rotatable bonds is 4. The molecular weight excluding hydrogens is 398 g/mol. The van der Waals surface area contributed by atoms with E-state index in [9.17, 15) is 0 Å². The number of aryl methyl sites for hydroxylation is 3. The van der Waals surface area contributed by atoms with Gasteiger partial charge in [0.1, 0.15) is 0 Å². The molecular formula is C25H35N7. The molecule has 170 valence electrons. The number of fused-ring (bicyclic) bond motifs is 5. The van der Waals surface area contributed by atoms with Crippen molar-refractivity contribution in [1.82, 2.24) is 29.9 Å². The molecule has 2 bridgehead atoms. The maximum absolute atomic E-state index is 5.09. The first-order chi connectivity index (χ1) is 15.4. The molecule has 3 aliphatic carbocycles. The standard InChI is InChI=1S/C25H35N7/c1-17-13-22(19-14-27-30(4)23(19)28-17)31-12-5-21-20(15-31)18(2)29-32(21)16-24-6-9-25(26-3,10-7-24)11-8-24/h13-14,26H,5-12,15-16H2,1-4H3. The molecule has 4 heterocycles. The topological polar surface area (TPSA) is 63.8 Å². The van der Waals surface area contributed by atoms with E-state index in [0.717, 1.165) is 42.8 Å². The lowest BCUT2D eigenvalue weighted by molar-refractivity contribution is 0.0113. The number of hydrogen-bond acceptors (Lipinski definition) is 5. The smallest absolute Gasteiger partial charge is 0.159 e. The minimum atomic E-state index is 0.419. The van der Waals surface area contributed by atoms with E-state index in [1.807, 2.05) is 17.9 Å². The fourth-order valence-electron chi connectivity index (χ4n) is 6.67. The third-order valence-electron chi connectivity index (χ3n) is 8.90. The second kappa shape index (κ2) is 7.04. The molecule has 1 N–H and O–H groups in total. The number of hydrogen-bond donors (Lipinski definition) is 1. The van der Waals surface area contributed by atoms with Gasteiger partial charge in [-0.15, -0.1) is 0 Å². The number of nitrogens with one attached hydrogen (secondary N) is 1. The summed E-state index contributed by atoms with van der Waals surface area (Å²) < 4.78 is 4.28. The van der Waals surface area contributed by atoms with Crippen LogP contribution in [0, 0.1) is 19.3 Å². The Morgan fingerprint density at radius 1 is 1.09 bits per heavy atom. The summed E-state index contributed by atoms with van der Waals surface area (Å²) in [6, 6.07) is 2.21. The number of aromatic nitrogens is 5. The minimum absolute atomic E-state index is 0.419. The fraction of sp³-hybridized carbons (Fsp3) is 0.640. The van der Waals surface area contributed by atoms with Crippen LogP contribution >= 0.6 is 0 Å². The summed E-state index contributed by atoms with van der Waals surface area (Å²) in [5.41, 5.74) is 8.22. The van der Waals surface area contributed by atoms with Gasteiger partial charge in [-0.05, 0) is 70.9 Å². The molecule has 3 fully saturated rings. The van der Waals surface area contributed by atoms with E-state index in [0.29, 0.717) is 11.0 Å². The number of nitrogens with zero attached hydrogens (tertiary/aromatic N) is 6. The molecule has 0 aromatic carbocycles. The molecule has 0 amide bonds. The average Bonchev–Trinajstić information content (AvgIpc) is 3.33. The predicted molar refractivity (Wildman–Crippen MR) is 127 cm³/mol. The van der Waals surface area contributed by atoms with Gasteiger partial charge in [0.05, 0.1) is 23.0 Å². The molecule has 0 saturated heterocycles. The van der Waals surface area contributed by atoms with Crippen molar-refractivity contribution in [2.75, 3.05) is 18.5 Å². The van der Waals surface area contributed by atoms with E-state index in [2.05, 4.69) is 47.0 Å². The van der Waals surface area contributed by atoms with Crippen LogP contribution in [0.5, 0.6) is 0 Å². The Kier molecular flexibility index (Phi) is 4.45. The molecule has 0 unspecified atom stereocenters. The van der Waals surface area contributed by atoms with E-state index in [-0.39, 0.29) is 0 Å². The quantitative estimate of drug-likeness (QED) is 0.680. The molecule has 4 aliphatic rings. The highest BCUT2D eigenvalue weighted by Crippen LogP contribution is 2.53. The van der Waals surface area contributed by atoms with Crippen LogP contribution in [-0.2, 0) is 26.6 Å². The number of pyridine rings is 1. The Morgan fingerprint density at radius 2 is 1.84 bits per heavy atom. The number of anilines is 1. The summed E-state index contributed by atoms with van der Waals surface area (Å²) in [5, 5.41) is 14.3. The first-order valence-electron chi connectivity index (χ1n) is 12.2. The SMILES string of the molecule is CNC12CCC(Cn3nc(C)c4c3CCN(c3cc(C)nc5c3cnn5C)C4)(CC1)CC2. The molecule has 7 rings (SSSR count). The van der Waals surface area contributed by atoms with E-state index in [1.165, 1.54) is 61.2 Å². The summed E-state index contributed by atoms with van der Waals surface area (Å²) in [7, 11) is 4.12. The summed E-state index contributed by atoms with van der Waals surface area (Å²) >= 11 is 0. The summed E-state index contributed by atoms with van der Waals surface area (Å²) in [6.45, 7) is 7.31. The lowest BCUT2D eigenvalue weighted by Gasteiger charge is -2.53. The van der Waals surface area contributed by atoms with Gasteiger partial charge in [0.2, 0.25) is 0 Å². The molecule has 7 heteroatoms. The van der Waals surface area contributed by atoms with Gasteiger partial charge in [-0.3, -0.25) is 9.36 Å². The van der Waals surface area contributed by atoms with E-state index in [4.69, 9.17) is 10.1 Å². The van der Waals surface area contributed by atoms with Gasteiger partial charge in [0.15, 0.2) is 5.65 Å². The molecule has 0 atom stereocenters. The molecule has 0 radical (unpaired) electrons. The maximum Gasteiger partial charge on any atom is 0.159 e. The first-order valence-corrected chi connectivity index (χ1v) is 12.2. The van der Waals surface area contributed by atoms with Crippen molar-refractivity contribution in [2.24, 2.45) is 12.5 Å². The molecule has 7 nitrogen and oxygen atoms in total. The highest BCUT2D eigenvalue weighted by atomic mass is 15.3. The van der Waals surface area contributed by atoms with E-state index >= 15 is 0 Å². The zero-order chi connectivity index (χ0) is 22.1. The third-order valence-corrected chi connectivity index (χ3v) is 8.90. The van der Waals surface area contributed by atoms with Crippen molar-refractivity contribution in [3.63, 3.8) is 0 Å². The van der Waals surface area contributed by atoms with Crippen LogP contribution in [0.2, 0.25) is 0 Å². The summed E-state index contributed by atoms with van der Waals surface area (Å²) in [5.74, 6) is 0. The Labute approximate surface area is 190 Å². The molecule has 3 saturated carbocycles. The first kappa shape index (κ1) is 20.2. The summed E-state index contributed by atoms with van der Waals surface area (Å²) in [4.78, 5) is 7.21. The third kappa shape index (κ3) is 3.00. The van der Waals surface area contributed by atoms with Crippen molar-refractivity contribution in [3.8, 4) is 0 Å². The van der Waals surface area contributed by atoms with Gasteiger partial charge in [-0.25, -0.2) is 4.98 Å². The largest absolute Gasteiger partial charge is 0.366 e. The molecule has 1 aliphatic heterocycles. The van der Waals surface area contributed by atoms with Crippen molar-refractivity contribution in [1.29, 1.82) is 0 Å². The second-order valence-electron chi connectivity index (χ2n) is 10.7. The van der Waals surface area contributed by atoms with Gasteiger partial charge >= 0.3 is 0 Å². The van der Waals surface area contributed by atoms with E-state index in [1.54, 1.807) is 0 Å². The monoisotopic (exact) mass is 433 g/mol. The van der Waals surface area contributed by atoms with Crippen LogP contribution < -0.4 is 10.2 Å². The maximum atomic E-state index is 5.09. The van der Waals surface area contributed by atoms with Crippen LogP contribution in [0.1, 0.15) is 61.2 Å². The zero-order valence-corrected chi connectivity index (χ0v) is 19.9. The average molecular weight is 434 g/mol. The lowest BCUT2D eigenvalue weighted by atomic mass is 9.57. The van der Waals surface area contributed by atoms with Crippen molar-refractivity contribution in [2.45, 2.75) is 77.4 Å². The highest BCUT2D eigenvalue weighted by Gasteiger charge is 2.48. The predicted octanol–water partition coefficient (Wildman–Crippen LogP) is 3.66. The van der Waals surface area contributed by atoms with Gasteiger partial charge in [0, 0.05) is 55.6 Å².